The van der Waals surface area contributed by atoms with Crippen molar-refractivity contribution >= 4 is 15.9 Å². The molecule has 0 amide bonds. The van der Waals surface area contributed by atoms with Crippen molar-refractivity contribution in [2.24, 2.45) is 0 Å². The summed E-state index contributed by atoms with van der Waals surface area (Å²) in [6.07, 6.45) is 3.49. The van der Waals surface area contributed by atoms with Crippen LogP contribution in [0.2, 0.25) is 0 Å². The van der Waals surface area contributed by atoms with Gasteiger partial charge in [-0.2, -0.15) is 0 Å². The van der Waals surface area contributed by atoms with Crippen LogP contribution in [0.4, 0.5) is 0 Å². The monoisotopic (exact) mass is 306 g/mol. The molecule has 0 aliphatic rings. The molecule has 0 radical (unpaired) electrons. The van der Waals surface area contributed by atoms with E-state index in [0.29, 0.717) is 11.9 Å². The van der Waals surface area contributed by atoms with Gasteiger partial charge in [-0.25, -0.2) is 9.97 Å². The molecule has 0 fully saturated rings. The zero-order valence-electron chi connectivity index (χ0n) is 10.6. The Kier molecular flexibility index (Phi) is 3.97. The normalized spacial score (nSPS) is 10.7. The minimum absolute atomic E-state index is 0.378. The highest BCUT2D eigenvalue weighted by atomic mass is 79.9. The van der Waals surface area contributed by atoms with Crippen LogP contribution in [0.3, 0.4) is 0 Å². The third-order valence-corrected chi connectivity index (χ3v) is 3.05. The number of halogens is 1. The van der Waals surface area contributed by atoms with Gasteiger partial charge in [-0.05, 0) is 42.2 Å². The molecule has 0 N–H and O–H groups in total. The highest BCUT2D eigenvalue weighted by Gasteiger charge is 2.10. The highest BCUT2D eigenvalue weighted by molar-refractivity contribution is 9.10. The molecular formula is C14H15BrN2O. The third-order valence-electron chi connectivity index (χ3n) is 2.55. The van der Waals surface area contributed by atoms with Gasteiger partial charge in [0.15, 0.2) is 0 Å². The van der Waals surface area contributed by atoms with Crippen LogP contribution in [-0.4, -0.2) is 9.97 Å². The van der Waals surface area contributed by atoms with Gasteiger partial charge in [0.1, 0.15) is 5.75 Å². The molecular weight excluding hydrogens is 292 g/mol. The Morgan fingerprint density at radius 2 is 1.83 bits per heavy atom. The summed E-state index contributed by atoms with van der Waals surface area (Å²) in [5.41, 5.74) is 2.15. The number of aryl methyl sites for hydroxylation is 1. The van der Waals surface area contributed by atoms with E-state index in [2.05, 4.69) is 45.8 Å². The molecule has 1 heterocycles. The number of hydrogen-bond donors (Lipinski definition) is 0. The van der Waals surface area contributed by atoms with Crippen molar-refractivity contribution in [3.05, 3.63) is 46.2 Å². The Morgan fingerprint density at radius 3 is 2.44 bits per heavy atom. The van der Waals surface area contributed by atoms with Crippen LogP contribution in [0, 0.1) is 6.92 Å². The second-order valence-electron chi connectivity index (χ2n) is 4.48. The Balaban J connectivity index is 2.31. The van der Waals surface area contributed by atoms with Gasteiger partial charge in [0, 0.05) is 16.9 Å². The number of rotatable bonds is 3. The topological polar surface area (TPSA) is 35.0 Å². The quantitative estimate of drug-likeness (QED) is 0.839. The van der Waals surface area contributed by atoms with Crippen molar-refractivity contribution in [3.63, 3.8) is 0 Å². The average Bonchev–Trinajstić information content (AvgIpc) is 2.34. The van der Waals surface area contributed by atoms with Crippen LogP contribution in [0.25, 0.3) is 0 Å². The zero-order valence-corrected chi connectivity index (χ0v) is 12.2. The van der Waals surface area contributed by atoms with E-state index in [1.54, 1.807) is 12.4 Å². The first kappa shape index (κ1) is 13.0. The first-order valence-corrected chi connectivity index (χ1v) is 6.61. The molecule has 2 aromatic rings. The minimum atomic E-state index is 0.378. The maximum atomic E-state index is 5.74. The van der Waals surface area contributed by atoms with Gasteiger partial charge in [0.2, 0.25) is 0 Å². The lowest BCUT2D eigenvalue weighted by Crippen LogP contribution is -1.97. The standard InChI is InChI=1S/C14H15BrN2O/c1-9(2)12-6-11(15)4-5-13(12)18-14-16-7-10(3)8-17-14/h4-9H,1-3H3. The second kappa shape index (κ2) is 5.48. The molecule has 0 saturated heterocycles. The fourth-order valence-electron chi connectivity index (χ4n) is 1.60. The van der Waals surface area contributed by atoms with E-state index in [1.807, 2.05) is 19.1 Å². The van der Waals surface area contributed by atoms with Crippen molar-refractivity contribution in [3.8, 4) is 11.8 Å². The maximum absolute atomic E-state index is 5.74. The summed E-state index contributed by atoms with van der Waals surface area (Å²) in [6, 6.07) is 6.33. The highest BCUT2D eigenvalue weighted by Crippen LogP contribution is 2.31. The van der Waals surface area contributed by atoms with Crippen molar-refractivity contribution < 1.29 is 4.74 Å². The fraction of sp³-hybridized carbons (Fsp3) is 0.286. The summed E-state index contributed by atoms with van der Waals surface area (Å²) in [5.74, 6) is 1.18. The van der Waals surface area contributed by atoms with E-state index in [1.165, 1.54) is 0 Å². The lowest BCUT2D eigenvalue weighted by molar-refractivity contribution is 0.433. The van der Waals surface area contributed by atoms with E-state index in [4.69, 9.17) is 4.74 Å². The number of hydrogen-bond acceptors (Lipinski definition) is 3. The van der Waals surface area contributed by atoms with Crippen molar-refractivity contribution in [1.29, 1.82) is 0 Å². The minimum Gasteiger partial charge on any atom is -0.424 e. The van der Waals surface area contributed by atoms with Gasteiger partial charge in [-0.15, -0.1) is 0 Å². The fourth-order valence-corrected chi connectivity index (χ4v) is 1.97. The van der Waals surface area contributed by atoms with E-state index in [-0.39, 0.29) is 0 Å². The van der Waals surface area contributed by atoms with Gasteiger partial charge in [0.25, 0.3) is 0 Å². The molecule has 0 spiro atoms. The Labute approximate surface area is 115 Å². The Bertz CT molecular complexity index is 538. The predicted octanol–water partition coefficient (Wildman–Crippen LogP) is 4.46. The number of benzene rings is 1. The second-order valence-corrected chi connectivity index (χ2v) is 5.40. The molecule has 3 nitrogen and oxygen atoms in total. The molecule has 0 bridgehead atoms. The molecule has 18 heavy (non-hydrogen) atoms. The molecule has 0 aliphatic carbocycles. The van der Waals surface area contributed by atoms with Crippen molar-refractivity contribution in [2.45, 2.75) is 26.7 Å². The molecule has 0 unspecified atom stereocenters. The smallest absolute Gasteiger partial charge is 0.321 e. The molecule has 1 aromatic heterocycles. The SMILES string of the molecule is Cc1cnc(Oc2ccc(Br)cc2C(C)C)nc1. The van der Waals surface area contributed by atoms with Crippen molar-refractivity contribution in [1.82, 2.24) is 9.97 Å². The molecule has 2 rings (SSSR count). The van der Waals surface area contributed by atoms with Crippen LogP contribution in [0.5, 0.6) is 11.8 Å². The lowest BCUT2D eigenvalue weighted by atomic mass is 10.0. The number of ether oxygens (including phenoxy) is 1. The largest absolute Gasteiger partial charge is 0.424 e. The van der Waals surface area contributed by atoms with E-state index in [9.17, 15) is 0 Å². The summed E-state index contributed by atoms with van der Waals surface area (Å²) < 4.78 is 6.78. The predicted molar refractivity (Wildman–Crippen MR) is 75.1 cm³/mol. The Hall–Kier alpha value is -1.42. The van der Waals surface area contributed by atoms with Gasteiger partial charge >= 0.3 is 6.01 Å². The summed E-state index contributed by atoms with van der Waals surface area (Å²) >= 11 is 3.47. The zero-order chi connectivity index (χ0) is 13.1. The summed E-state index contributed by atoms with van der Waals surface area (Å²) in [7, 11) is 0. The summed E-state index contributed by atoms with van der Waals surface area (Å²) in [5, 5.41) is 0. The third kappa shape index (κ3) is 3.07. The van der Waals surface area contributed by atoms with Crippen molar-refractivity contribution in [2.75, 3.05) is 0 Å². The van der Waals surface area contributed by atoms with Crippen LogP contribution < -0.4 is 4.74 Å². The van der Waals surface area contributed by atoms with Gasteiger partial charge < -0.3 is 4.74 Å². The molecule has 1 aromatic carbocycles. The molecule has 94 valence electrons. The summed E-state index contributed by atoms with van der Waals surface area (Å²) in [4.78, 5) is 8.30. The molecule has 0 saturated carbocycles. The average molecular weight is 307 g/mol. The van der Waals surface area contributed by atoms with Gasteiger partial charge in [-0.3, -0.25) is 0 Å². The summed E-state index contributed by atoms with van der Waals surface area (Å²) in [6.45, 7) is 6.21. The molecule has 0 atom stereocenters. The van der Waals surface area contributed by atoms with Crippen LogP contribution in [0.1, 0.15) is 30.9 Å². The van der Waals surface area contributed by atoms with Gasteiger partial charge in [0.05, 0.1) is 0 Å². The number of aromatic nitrogens is 2. The van der Waals surface area contributed by atoms with E-state index < -0.39 is 0 Å². The lowest BCUT2D eigenvalue weighted by Gasteiger charge is -2.13. The van der Waals surface area contributed by atoms with E-state index >= 15 is 0 Å². The first-order chi connectivity index (χ1) is 8.56. The molecule has 4 heteroatoms. The van der Waals surface area contributed by atoms with E-state index in [0.717, 1.165) is 21.3 Å². The van der Waals surface area contributed by atoms with Crippen LogP contribution in [0.15, 0.2) is 35.1 Å². The first-order valence-electron chi connectivity index (χ1n) is 5.82. The maximum Gasteiger partial charge on any atom is 0.321 e. The van der Waals surface area contributed by atoms with Gasteiger partial charge in [-0.1, -0.05) is 29.8 Å². The van der Waals surface area contributed by atoms with Crippen LogP contribution >= 0.6 is 15.9 Å². The Morgan fingerprint density at radius 1 is 1.17 bits per heavy atom. The van der Waals surface area contributed by atoms with Crippen LogP contribution in [-0.2, 0) is 0 Å². The number of nitrogens with zero attached hydrogens (tertiary/aromatic N) is 2. The molecule has 0 aliphatic heterocycles.